The number of nitro groups is 1. The molecule has 0 bridgehead atoms. The van der Waals surface area contributed by atoms with Gasteiger partial charge in [0.15, 0.2) is 0 Å². The maximum Gasteiger partial charge on any atom is 0.269 e. The lowest BCUT2D eigenvalue weighted by Crippen LogP contribution is -2.30. The molecule has 0 radical (unpaired) electrons. The second kappa shape index (κ2) is 6.61. The molecule has 1 unspecified atom stereocenters. The molecule has 0 aliphatic carbocycles. The van der Waals surface area contributed by atoms with E-state index in [1.54, 1.807) is 23.9 Å². The van der Waals surface area contributed by atoms with E-state index in [9.17, 15) is 10.1 Å². The Morgan fingerprint density at radius 3 is 2.78 bits per heavy atom. The third-order valence-electron chi connectivity index (χ3n) is 2.92. The minimum atomic E-state index is -0.395. The van der Waals surface area contributed by atoms with Crippen molar-refractivity contribution in [3.63, 3.8) is 0 Å². The molecule has 18 heavy (non-hydrogen) atoms. The van der Waals surface area contributed by atoms with E-state index in [1.165, 1.54) is 6.07 Å². The van der Waals surface area contributed by atoms with Gasteiger partial charge in [-0.1, -0.05) is 0 Å². The molecule has 0 saturated carbocycles. The van der Waals surface area contributed by atoms with Crippen molar-refractivity contribution in [2.24, 2.45) is 0 Å². The van der Waals surface area contributed by atoms with E-state index >= 15 is 0 Å². The van der Waals surface area contributed by atoms with E-state index in [1.807, 2.05) is 7.05 Å². The summed E-state index contributed by atoms with van der Waals surface area (Å²) in [6, 6.07) is 4.99. The third-order valence-corrected chi connectivity index (χ3v) is 3.73. The zero-order chi connectivity index (χ0) is 13.7. The van der Waals surface area contributed by atoms with Crippen LogP contribution in [0, 0.1) is 10.1 Å². The average Bonchev–Trinajstić information content (AvgIpc) is 2.31. The summed E-state index contributed by atoms with van der Waals surface area (Å²) in [4.78, 5) is 12.5. The Morgan fingerprint density at radius 2 is 2.22 bits per heavy atom. The Labute approximate surface area is 111 Å². The van der Waals surface area contributed by atoms with Crippen molar-refractivity contribution in [1.82, 2.24) is 4.90 Å². The molecule has 0 heterocycles. The van der Waals surface area contributed by atoms with Gasteiger partial charge in [0.05, 0.1) is 4.92 Å². The monoisotopic (exact) mass is 269 g/mol. The Bertz CT molecular complexity index is 426. The lowest BCUT2D eigenvalue weighted by molar-refractivity contribution is -0.384. The van der Waals surface area contributed by atoms with Crippen LogP contribution in [0.2, 0.25) is 0 Å². The first-order valence-corrected chi connectivity index (χ1v) is 7.07. The van der Waals surface area contributed by atoms with Crippen LogP contribution in [-0.4, -0.2) is 34.9 Å². The van der Waals surface area contributed by atoms with Crippen LogP contribution in [0.5, 0.6) is 0 Å². The fourth-order valence-corrected chi connectivity index (χ4v) is 2.37. The molecule has 1 aromatic carbocycles. The predicted molar refractivity (Wildman–Crippen MR) is 76.8 cm³/mol. The highest BCUT2D eigenvalue weighted by Gasteiger charge is 2.13. The predicted octanol–water partition coefficient (Wildman–Crippen LogP) is 2.36. The number of nitro benzene ring substituents is 1. The van der Waals surface area contributed by atoms with Crippen molar-refractivity contribution in [2.75, 3.05) is 24.8 Å². The fraction of sp³-hybridized carbons (Fsp3) is 0.500. The molecule has 100 valence electrons. The number of nitrogen functional groups attached to an aromatic ring is 1. The van der Waals surface area contributed by atoms with Crippen molar-refractivity contribution < 1.29 is 4.92 Å². The molecule has 0 aliphatic heterocycles. The largest absolute Gasteiger partial charge is 0.398 e. The number of benzene rings is 1. The normalized spacial score (nSPS) is 12.7. The summed E-state index contributed by atoms with van der Waals surface area (Å²) >= 11 is 1.78. The molecule has 1 rings (SSSR count). The van der Waals surface area contributed by atoms with Crippen LogP contribution >= 0.6 is 11.8 Å². The van der Waals surface area contributed by atoms with Gasteiger partial charge >= 0.3 is 0 Å². The average molecular weight is 269 g/mol. The molecular formula is C12H19N3O2S. The summed E-state index contributed by atoms with van der Waals surface area (Å²) in [6.07, 6.45) is 2.06. The standard InChI is InChI=1S/C12H19N3O2S/c1-9(8-18-3)14(2)7-10-6-11(15(16)17)4-5-12(10)13/h4-6,9H,7-8,13H2,1-3H3. The van der Waals surface area contributed by atoms with Crippen LogP contribution in [0.3, 0.4) is 0 Å². The van der Waals surface area contributed by atoms with Crippen LogP contribution in [0.25, 0.3) is 0 Å². The summed E-state index contributed by atoms with van der Waals surface area (Å²) in [5.41, 5.74) is 7.35. The molecule has 0 saturated heterocycles. The number of thioether (sulfide) groups is 1. The summed E-state index contributed by atoms with van der Waals surface area (Å²) in [5.74, 6) is 1.02. The molecule has 6 heteroatoms. The lowest BCUT2D eigenvalue weighted by Gasteiger charge is -2.24. The summed E-state index contributed by atoms with van der Waals surface area (Å²) in [6.45, 7) is 2.75. The second-order valence-corrected chi connectivity index (χ2v) is 5.27. The summed E-state index contributed by atoms with van der Waals surface area (Å²) in [7, 11) is 2.00. The lowest BCUT2D eigenvalue weighted by atomic mass is 10.1. The molecule has 0 spiro atoms. The molecule has 1 aromatic rings. The molecule has 0 fully saturated rings. The summed E-state index contributed by atoms with van der Waals surface area (Å²) < 4.78 is 0. The Balaban J connectivity index is 2.83. The number of nitrogens with two attached hydrogens (primary N) is 1. The number of hydrogen-bond acceptors (Lipinski definition) is 5. The Hall–Kier alpha value is -1.27. The van der Waals surface area contributed by atoms with Crippen LogP contribution in [0.15, 0.2) is 18.2 Å². The molecule has 0 amide bonds. The summed E-state index contributed by atoms with van der Waals surface area (Å²) in [5, 5.41) is 10.7. The van der Waals surface area contributed by atoms with Crippen LogP contribution in [0.1, 0.15) is 12.5 Å². The van der Waals surface area contributed by atoms with Gasteiger partial charge in [-0.25, -0.2) is 0 Å². The van der Waals surface area contributed by atoms with Crippen molar-refractivity contribution in [2.45, 2.75) is 19.5 Å². The van der Waals surface area contributed by atoms with Crippen molar-refractivity contribution in [3.05, 3.63) is 33.9 Å². The van der Waals surface area contributed by atoms with Gasteiger partial charge < -0.3 is 5.73 Å². The van der Waals surface area contributed by atoms with E-state index < -0.39 is 4.92 Å². The zero-order valence-corrected chi connectivity index (χ0v) is 11.7. The number of hydrogen-bond donors (Lipinski definition) is 1. The van der Waals surface area contributed by atoms with E-state index in [0.717, 1.165) is 11.3 Å². The van der Waals surface area contributed by atoms with Gasteiger partial charge in [-0.05, 0) is 31.9 Å². The van der Waals surface area contributed by atoms with E-state index in [0.29, 0.717) is 18.3 Å². The molecule has 2 N–H and O–H groups in total. The van der Waals surface area contributed by atoms with Gasteiger partial charge in [0.1, 0.15) is 0 Å². The van der Waals surface area contributed by atoms with Crippen LogP contribution in [0.4, 0.5) is 11.4 Å². The van der Waals surface area contributed by atoms with Crippen molar-refractivity contribution in [3.8, 4) is 0 Å². The topological polar surface area (TPSA) is 72.4 Å². The first-order valence-electron chi connectivity index (χ1n) is 5.67. The zero-order valence-electron chi connectivity index (χ0n) is 10.9. The minimum absolute atomic E-state index is 0.0881. The van der Waals surface area contributed by atoms with E-state index in [-0.39, 0.29) is 5.69 Å². The smallest absolute Gasteiger partial charge is 0.269 e. The first kappa shape index (κ1) is 14.8. The maximum atomic E-state index is 10.7. The molecule has 5 nitrogen and oxygen atoms in total. The van der Waals surface area contributed by atoms with Crippen molar-refractivity contribution in [1.29, 1.82) is 0 Å². The Kier molecular flexibility index (Phi) is 5.43. The number of nitrogens with zero attached hydrogens (tertiary/aromatic N) is 2. The first-order chi connectivity index (χ1) is 8.45. The van der Waals surface area contributed by atoms with Gasteiger partial charge in [0.25, 0.3) is 5.69 Å². The van der Waals surface area contributed by atoms with Gasteiger partial charge in [-0.2, -0.15) is 11.8 Å². The molecule has 0 aliphatic rings. The highest BCUT2D eigenvalue weighted by atomic mass is 32.2. The quantitative estimate of drug-likeness (QED) is 0.487. The third kappa shape index (κ3) is 3.89. The van der Waals surface area contributed by atoms with Gasteiger partial charge in [-0.15, -0.1) is 0 Å². The number of rotatable bonds is 6. The van der Waals surface area contributed by atoms with Gasteiger partial charge in [0.2, 0.25) is 0 Å². The highest BCUT2D eigenvalue weighted by molar-refractivity contribution is 7.98. The van der Waals surface area contributed by atoms with Gasteiger partial charge in [0, 0.05) is 36.2 Å². The number of anilines is 1. The maximum absolute atomic E-state index is 10.7. The van der Waals surface area contributed by atoms with Crippen LogP contribution < -0.4 is 5.73 Å². The second-order valence-electron chi connectivity index (χ2n) is 4.36. The van der Waals surface area contributed by atoms with Crippen molar-refractivity contribution >= 4 is 23.1 Å². The fourth-order valence-electron chi connectivity index (χ4n) is 1.64. The highest BCUT2D eigenvalue weighted by Crippen LogP contribution is 2.21. The molecular weight excluding hydrogens is 250 g/mol. The minimum Gasteiger partial charge on any atom is -0.398 e. The van der Waals surface area contributed by atoms with E-state index in [2.05, 4.69) is 18.1 Å². The SMILES string of the molecule is CSCC(C)N(C)Cc1cc([N+](=O)[O-])ccc1N. The molecule has 0 aromatic heterocycles. The van der Waals surface area contributed by atoms with E-state index in [4.69, 9.17) is 5.73 Å². The Morgan fingerprint density at radius 1 is 1.56 bits per heavy atom. The van der Waals surface area contributed by atoms with Gasteiger partial charge in [-0.3, -0.25) is 15.0 Å². The van der Waals surface area contributed by atoms with Crippen LogP contribution in [-0.2, 0) is 6.54 Å². The molecule has 1 atom stereocenters. The number of non-ortho nitro benzene ring substituents is 1.